The van der Waals surface area contributed by atoms with E-state index in [1.807, 2.05) is 6.92 Å². The highest BCUT2D eigenvalue weighted by atomic mass is 16.5. The van der Waals surface area contributed by atoms with E-state index in [9.17, 15) is 9.59 Å². The van der Waals surface area contributed by atoms with Gasteiger partial charge >= 0.3 is 0 Å². The molecule has 0 saturated carbocycles. The minimum atomic E-state index is -0.0850. The first kappa shape index (κ1) is 18.1. The van der Waals surface area contributed by atoms with Crippen molar-refractivity contribution in [2.24, 2.45) is 5.92 Å². The summed E-state index contributed by atoms with van der Waals surface area (Å²) < 4.78 is 10.6. The van der Waals surface area contributed by atoms with Crippen LogP contribution in [0.3, 0.4) is 0 Å². The van der Waals surface area contributed by atoms with Gasteiger partial charge in [0.1, 0.15) is 0 Å². The third-order valence-electron chi connectivity index (χ3n) is 4.34. The van der Waals surface area contributed by atoms with Crippen LogP contribution in [0.5, 0.6) is 11.5 Å². The Morgan fingerprint density at radius 1 is 1.21 bits per heavy atom. The van der Waals surface area contributed by atoms with Gasteiger partial charge in [-0.05, 0) is 31.4 Å². The second-order valence-corrected chi connectivity index (χ2v) is 5.90. The van der Waals surface area contributed by atoms with Gasteiger partial charge in [0.25, 0.3) is 5.91 Å². The van der Waals surface area contributed by atoms with E-state index in [0.717, 1.165) is 6.42 Å². The number of ether oxygens (including phenoxy) is 2. The number of likely N-dealkylation sites (tertiary alicyclic amines) is 1. The molecule has 0 unspecified atom stereocenters. The van der Waals surface area contributed by atoms with Crippen LogP contribution in [-0.2, 0) is 4.79 Å². The van der Waals surface area contributed by atoms with Crippen LogP contribution in [-0.4, -0.2) is 50.6 Å². The zero-order valence-corrected chi connectivity index (χ0v) is 14.6. The lowest BCUT2D eigenvalue weighted by molar-refractivity contribution is -0.126. The fraction of sp³-hybridized carbons (Fsp3) is 0.556. The Kier molecular flexibility index (Phi) is 6.46. The minimum Gasteiger partial charge on any atom is -0.493 e. The molecule has 0 aliphatic carbocycles. The van der Waals surface area contributed by atoms with Crippen molar-refractivity contribution in [1.82, 2.24) is 10.2 Å². The van der Waals surface area contributed by atoms with Gasteiger partial charge in [-0.2, -0.15) is 0 Å². The van der Waals surface area contributed by atoms with Gasteiger partial charge in [0, 0.05) is 25.6 Å². The fourth-order valence-electron chi connectivity index (χ4n) is 2.96. The Balaban J connectivity index is 2.02. The number of nitrogens with one attached hydrogen (secondary N) is 1. The largest absolute Gasteiger partial charge is 0.493 e. The van der Waals surface area contributed by atoms with Crippen molar-refractivity contribution >= 4 is 11.8 Å². The van der Waals surface area contributed by atoms with Crippen molar-refractivity contribution in [2.75, 3.05) is 33.9 Å². The van der Waals surface area contributed by atoms with Crippen LogP contribution in [0, 0.1) is 5.92 Å². The Labute approximate surface area is 143 Å². The summed E-state index contributed by atoms with van der Waals surface area (Å²) in [6.45, 7) is 3.88. The molecule has 2 amide bonds. The summed E-state index contributed by atoms with van der Waals surface area (Å²) in [6, 6.07) is 5.28. The zero-order valence-electron chi connectivity index (χ0n) is 14.6. The number of carbonyl (C=O) groups is 2. The predicted molar refractivity (Wildman–Crippen MR) is 91.5 cm³/mol. The first-order valence-corrected chi connectivity index (χ1v) is 8.40. The Hall–Kier alpha value is -2.24. The van der Waals surface area contributed by atoms with Crippen LogP contribution in [0.25, 0.3) is 0 Å². The predicted octanol–water partition coefficient (Wildman–Crippen LogP) is 2.08. The van der Waals surface area contributed by atoms with E-state index in [1.165, 1.54) is 7.11 Å². The number of amides is 2. The van der Waals surface area contributed by atoms with Crippen molar-refractivity contribution in [1.29, 1.82) is 0 Å². The second-order valence-electron chi connectivity index (χ2n) is 5.90. The maximum Gasteiger partial charge on any atom is 0.257 e. The van der Waals surface area contributed by atoms with Gasteiger partial charge in [0.15, 0.2) is 11.5 Å². The summed E-state index contributed by atoms with van der Waals surface area (Å²) in [6.07, 6.45) is 2.31. The van der Waals surface area contributed by atoms with E-state index in [0.29, 0.717) is 49.5 Å². The summed E-state index contributed by atoms with van der Waals surface area (Å²) in [4.78, 5) is 26.6. The SMILES string of the molecule is CCCNC(=O)C1CCN(C(=O)c2cccc(OC)c2OC)CC1. The van der Waals surface area contributed by atoms with Gasteiger partial charge in [0.2, 0.25) is 5.91 Å². The number of hydrogen-bond acceptors (Lipinski definition) is 4. The average Bonchev–Trinajstić information content (AvgIpc) is 2.64. The molecule has 0 atom stereocenters. The lowest BCUT2D eigenvalue weighted by Crippen LogP contribution is -2.43. The van der Waals surface area contributed by atoms with Crippen LogP contribution in [0.2, 0.25) is 0 Å². The lowest BCUT2D eigenvalue weighted by Gasteiger charge is -2.31. The maximum atomic E-state index is 12.8. The third-order valence-corrected chi connectivity index (χ3v) is 4.34. The molecule has 0 radical (unpaired) electrons. The van der Waals surface area contributed by atoms with E-state index in [1.54, 1.807) is 30.2 Å². The van der Waals surface area contributed by atoms with Crippen LogP contribution in [0.4, 0.5) is 0 Å². The van der Waals surface area contributed by atoms with Crippen LogP contribution in [0.15, 0.2) is 18.2 Å². The summed E-state index contributed by atoms with van der Waals surface area (Å²) in [5.41, 5.74) is 0.491. The Bertz CT molecular complexity index is 580. The van der Waals surface area contributed by atoms with Gasteiger partial charge < -0.3 is 19.7 Å². The molecule has 1 heterocycles. The molecule has 1 aliphatic rings. The molecule has 1 aromatic rings. The molecular formula is C18H26N2O4. The average molecular weight is 334 g/mol. The normalized spacial score (nSPS) is 15.0. The highest BCUT2D eigenvalue weighted by Crippen LogP contribution is 2.32. The van der Waals surface area contributed by atoms with E-state index >= 15 is 0 Å². The molecule has 24 heavy (non-hydrogen) atoms. The maximum absolute atomic E-state index is 12.8. The van der Waals surface area contributed by atoms with Gasteiger partial charge in [0.05, 0.1) is 19.8 Å². The highest BCUT2D eigenvalue weighted by molar-refractivity contribution is 5.98. The number of carbonyl (C=O) groups excluding carboxylic acids is 2. The molecule has 2 rings (SSSR count). The molecule has 132 valence electrons. The van der Waals surface area contributed by atoms with Crippen molar-refractivity contribution in [3.8, 4) is 11.5 Å². The molecule has 1 aliphatic heterocycles. The number of para-hydroxylation sites is 1. The van der Waals surface area contributed by atoms with Crippen molar-refractivity contribution in [3.63, 3.8) is 0 Å². The van der Waals surface area contributed by atoms with Gasteiger partial charge in [-0.15, -0.1) is 0 Å². The van der Waals surface area contributed by atoms with Crippen LogP contribution in [0.1, 0.15) is 36.5 Å². The Morgan fingerprint density at radius 2 is 1.92 bits per heavy atom. The highest BCUT2D eigenvalue weighted by Gasteiger charge is 2.29. The van der Waals surface area contributed by atoms with Crippen LogP contribution < -0.4 is 14.8 Å². The van der Waals surface area contributed by atoms with E-state index in [2.05, 4.69) is 5.32 Å². The zero-order chi connectivity index (χ0) is 17.5. The quantitative estimate of drug-likeness (QED) is 0.865. The third kappa shape index (κ3) is 3.99. The topological polar surface area (TPSA) is 67.9 Å². The first-order valence-electron chi connectivity index (χ1n) is 8.40. The molecule has 0 bridgehead atoms. The van der Waals surface area contributed by atoms with Gasteiger partial charge in [-0.3, -0.25) is 9.59 Å². The van der Waals surface area contributed by atoms with Crippen molar-refractivity contribution in [2.45, 2.75) is 26.2 Å². The van der Waals surface area contributed by atoms with Gasteiger partial charge in [-0.1, -0.05) is 13.0 Å². The van der Waals surface area contributed by atoms with Crippen molar-refractivity contribution < 1.29 is 19.1 Å². The molecular weight excluding hydrogens is 308 g/mol. The molecule has 1 fully saturated rings. The molecule has 0 spiro atoms. The minimum absolute atomic E-state index is 0.00666. The summed E-state index contributed by atoms with van der Waals surface area (Å²) in [5.74, 6) is 0.999. The van der Waals surface area contributed by atoms with Crippen LogP contribution >= 0.6 is 0 Å². The standard InChI is InChI=1S/C18H26N2O4/c1-4-10-19-17(21)13-8-11-20(12-9-13)18(22)14-6-5-7-15(23-2)16(14)24-3/h5-7,13H,4,8-12H2,1-3H3,(H,19,21). The molecule has 1 N–H and O–H groups in total. The summed E-state index contributed by atoms with van der Waals surface area (Å²) in [7, 11) is 3.07. The second kappa shape index (κ2) is 8.57. The molecule has 0 aromatic heterocycles. The smallest absolute Gasteiger partial charge is 0.257 e. The lowest BCUT2D eigenvalue weighted by atomic mass is 9.95. The number of hydrogen-bond donors (Lipinski definition) is 1. The van der Waals surface area contributed by atoms with E-state index in [-0.39, 0.29) is 17.7 Å². The number of benzene rings is 1. The number of rotatable bonds is 6. The van der Waals surface area contributed by atoms with E-state index < -0.39 is 0 Å². The molecule has 1 saturated heterocycles. The molecule has 6 heteroatoms. The fourth-order valence-corrected chi connectivity index (χ4v) is 2.96. The number of nitrogens with zero attached hydrogens (tertiary/aromatic N) is 1. The van der Waals surface area contributed by atoms with Crippen molar-refractivity contribution in [3.05, 3.63) is 23.8 Å². The summed E-state index contributed by atoms with van der Waals surface area (Å²) >= 11 is 0. The first-order chi connectivity index (χ1) is 11.6. The van der Waals surface area contributed by atoms with Gasteiger partial charge in [-0.25, -0.2) is 0 Å². The summed E-state index contributed by atoms with van der Waals surface area (Å²) in [5, 5.41) is 2.93. The molecule has 6 nitrogen and oxygen atoms in total. The monoisotopic (exact) mass is 334 g/mol. The number of methoxy groups -OCH3 is 2. The Morgan fingerprint density at radius 3 is 2.50 bits per heavy atom. The number of piperidine rings is 1. The molecule has 1 aromatic carbocycles. The van der Waals surface area contributed by atoms with E-state index in [4.69, 9.17) is 9.47 Å².